The molecule has 3 nitrogen and oxygen atoms in total. The Morgan fingerprint density at radius 3 is 2.41 bits per heavy atom. The highest BCUT2D eigenvalue weighted by molar-refractivity contribution is 7.90. The topological polar surface area (TPSA) is 54.4 Å². The lowest BCUT2D eigenvalue weighted by molar-refractivity contribution is -0.137. The number of sulfone groups is 1. The second-order valence-corrected chi connectivity index (χ2v) is 5.92. The van der Waals surface area contributed by atoms with E-state index in [0.29, 0.717) is 0 Å². The summed E-state index contributed by atoms with van der Waals surface area (Å²) in [6, 6.07) is 3.99. The van der Waals surface area contributed by atoms with Crippen LogP contribution in [0, 0.1) is 0 Å². The summed E-state index contributed by atoms with van der Waals surface area (Å²) >= 11 is 0. The van der Waals surface area contributed by atoms with E-state index in [4.69, 9.17) is 0 Å². The summed E-state index contributed by atoms with van der Waals surface area (Å²) in [4.78, 5) is 0. The minimum absolute atomic E-state index is 0.0646. The summed E-state index contributed by atoms with van der Waals surface area (Å²) in [5.74, 6) is -0.603. The average molecular weight is 268 g/mol. The predicted octanol–water partition coefficient (Wildman–Crippen LogP) is 1.78. The third-order valence-corrected chi connectivity index (χ3v) is 2.98. The summed E-state index contributed by atoms with van der Waals surface area (Å²) in [5, 5.41) is 9.50. The highest BCUT2D eigenvalue weighted by Crippen LogP contribution is 2.30. The van der Waals surface area contributed by atoms with E-state index in [1.54, 1.807) is 0 Å². The van der Waals surface area contributed by atoms with Gasteiger partial charge in [0.1, 0.15) is 9.84 Å². The highest BCUT2D eigenvalue weighted by atomic mass is 32.2. The van der Waals surface area contributed by atoms with Gasteiger partial charge in [-0.1, -0.05) is 12.1 Å². The molecule has 0 saturated heterocycles. The van der Waals surface area contributed by atoms with Crippen LogP contribution in [0.3, 0.4) is 0 Å². The molecule has 0 heterocycles. The van der Waals surface area contributed by atoms with Crippen molar-refractivity contribution in [3.63, 3.8) is 0 Å². The van der Waals surface area contributed by atoms with Gasteiger partial charge < -0.3 is 5.11 Å². The molecule has 0 aliphatic rings. The number of alkyl halides is 3. The first kappa shape index (κ1) is 14.0. The van der Waals surface area contributed by atoms with Gasteiger partial charge in [-0.3, -0.25) is 0 Å². The first-order chi connectivity index (χ1) is 7.59. The number of rotatable bonds is 3. The number of aliphatic hydroxyl groups is 1. The Kier molecular flexibility index (Phi) is 3.83. The summed E-state index contributed by atoms with van der Waals surface area (Å²) in [6.07, 6.45) is -5.06. The molecule has 17 heavy (non-hydrogen) atoms. The number of hydrogen-bond acceptors (Lipinski definition) is 3. The largest absolute Gasteiger partial charge is 0.416 e. The molecule has 0 spiro atoms. The molecule has 0 saturated carbocycles. The van der Waals surface area contributed by atoms with Crippen LogP contribution in [0.2, 0.25) is 0 Å². The zero-order valence-electron chi connectivity index (χ0n) is 8.90. The Bertz CT molecular complexity index is 494. The summed E-state index contributed by atoms with van der Waals surface area (Å²) in [5.41, 5.74) is -0.979. The van der Waals surface area contributed by atoms with Crippen LogP contribution in [0.25, 0.3) is 0 Å². The van der Waals surface area contributed by atoms with E-state index in [1.807, 2.05) is 0 Å². The molecule has 1 N–H and O–H groups in total. The van der Waals surface area contributed by atoms with E-state index < -0.39 is 33.4 Å². The molecular formula is C10H11F3O3S. The van der Waals surface area contributed by atoms with Crippen LogP contribution >= 0.6 is 0 Å². The Morgan fingerprint density at radius 2 is 1.94 bits per heavy atom. The van der Waals surface area contributed by atoms with Crippen molar-refractivity contribution in [2.75, 3.05) is 12.0 Å². The van der Waals surface area contributed by atoms with Crippen LogP contribution in [0.4, 0.5) is 13.2 Å². The average Bonchev–Trinajstić information content (AvgIpc) is 2.14. The molecule has 7 heteroatoms. The predicted molar refractivity (Wildman–Crippen MR) is 56.1 cm³/mol. The van der Waals surface area contributed by atoms with Crippen molar-refractivity contribution in [2.45, 2.75) is 12.3 Å². The van der Waals surface area contributed by atoms with E-state index in [0.717, 1.165) is 24.5 Å². The minimum atomic E-state index is -4.51. The fourth-order valence-corrected chi connectivity index (χ4v) is 2.07. The van der Waals surface area contributed by atoms with Gasteiger partial charge in [0.05, 0.1) is 17.4 Å². The highest BCUT2D eigenvalue weighted by Gasteiger charge is 2.31. The number of halogens is 3. The maximum atomic E-state index is 12.4. The molecule has 0 radical (unpaired) electrons. The van der Waals surface area contributed by atoms with Gasteiger partial charge in [-0.2, -0.15) is 13.2 Å². The molecular weight excluding hydrogens is 257 g/mol. The van der Waals surface area contributed by atoms with Crippen LogP contribution in [0.1, 0.15) is 17.2 Å². The summed E-state index contributed by atoms with van der Waals surface area (Å²) in [6.45, 7) is 0. The van der Waals surface area contributed by atoms with Gasteiger partial charge in [0, 0.05) is 6.26 Å². The lowest BCUT2D eigenvalue weighted by Gasteiger charge is -2.12. The van der Waals surface area contributed by atoms with Gasteiger partial charge >= 0.3 is 6.18 Å². The van der Waals surface area contributed by atoms with Crippen molar-refractivity contribution in [1.82, 2.24) is 0 Å². The Labute approximate surface area is 96.8 Å². The van der Waals surface area contributed by atoms with Crippen LogP contribution in [0.15, 0.2) is 24.3 Å². The number of hydrogen-bond donors (Lipinski definition) is 1. The molecule has 0 aliphatic carbocycles. The normalized spacial score (nSPS) is 14.6. The number of aliphatic hydroxyl groups excluding tert-OH is 1. The first-order valence-corrected chi connectivity index (χ1v) is 6.68. The van der Waals surface area contributed by atoms with Crippen LogP contribution in [0.5, 0.6) is 0 Å². The molecule has 1 unspecified atom stereocenters. The van der Waals surface area contributed by atoms with Crippen molar-refractivity contribution in [3.8, 4) is 0 Å². The minimum Gasteiger partial charge on any atom is -0.387 e. The van der Waals surface area contributed by atoms with Crippen molar-refractivity contribution in [1.29, 1.82) is 0 Å². The number of benzene rings is 1. The van der Waals surface area contributed by atoms with E-state index in [2.05, 4.69) is 0 Å². The quantitative estimate of drug-likeness (QED) is 0.909. The molecule has 1 aromatic carbocycles. The molecule has 1 rings (SSSR count). The fourth-order valence-electron chi connectivity index (χ4n) is 1.31. The van der Waals surface area contributed by atoms with Gasteiger partial charge in [0.15, 0.2) is 0 Å². The van der Waals surface area contributed by atoms with Gasteiger partial charge in [0.25, 0.3) is 0 Å². The molecule has 0 amide bonds. The third-order valence-electron chi connectivity index (χ3n) is 2.06. The SMILES string of the molecule is CS(=O)(=O)CC(O)c1cccc(C(F)(F)F)c1. The van der Waals surface area contributed by atoms with E-state index in [-0.39, 0.29) is 5.56 Å². The third kappa shape index (κ3) is 4.35. The van der Waals surface area contributed by atoms with Crippen molar-refractivity contribution >= 4 is 9.84 Å². The van der Waals surface area contributed by atoms with Gasteiger partial charge in [0.2, 0.25) is 0 Å². The van der Waals surface area contributed by atoms with Gasteiger partial charge in [-0.15, -0.1) is 0 Å². The Hall–Kier alpha value is -1.08. The molecule has 0 aliphatic heterocycles. The summed E-state index contributed by atoms with van der Waals surface area (Å²) in [7, 11) is -3.45. The molecule has 0 fully saturated rings. The molecule has 96 valence electrons. The summed E-state index contributed by atoms with van der Waals surface area (Å²) < 4.78 is 58.9. The van der Waals surface area contributed by atoms with Crippen LogP contribution in [-0.2, 0) is 16.0 Å². The second kappa shape index (κ2) is 4.66. The molecule has 1 atom stereocenters. The zero-order valence-corrected chi connectivity index (χ0v) is 9.72. The van der Waals surface area contributed by atoms with Crippen LogP contribution in [-0.4, -0.2) is 25.5 Å². The second-order valence-electron chi connectivity index (χ2n) is 3.73. The van der Waals surface area contributed by atoms with Gasteiger partial charge in [-0.25, -0.2) is 8.42 Å². The maximum absolute atomic E-state index is 12.4. The van der Waals surface area contributed by atoms with E-state index in [1.165, 1.54) is 6.07 Å². The van der Waals surface area contributed by atoms with E-state index >= 15 is 0 Å². The Balaban J connectivity index is 3.00. The molecule has 0 aromatic heterocycles. The van der Waals surface area contributed by atoms with Crippen LogP contribution < -0.4 is 0 Å². The van der Waals surface area contributed by atoms with Crippen molar-refractivity contribution in [2.24, 2.45) is 0 Å². The molecule has 0 bridgehead atoms. The zero-order chi connectivity index (χ0) is 13.3. The smallest absolute Gasteiger partial charge is 0.387 e. The Morgan fingerprint density at radius 1 is 1.35 bits per heavy atom. The standard InChI is InChI=1S/C10H11F3O3S/c1-17(15,16)6-9(14)7-3-2-4-8(5-7)10(11,12)13/h2-5,9,14H,6H2,1H3. The first-order valence-electron chi connectivity index (χ1n) is 4.62. The lowest BCUT2D eigenvalue weighted by Crippen LogP contribution is -2.14. The van der Waals surface area contributed by atoms with Crippen molar-refractivity contribution < 1.29 is 26.7 Å². The maximum Gasteiger partial charge on any atom is 0.416 e. The molecule has 1 aromatic rings. The van der Waals surface area contributed by atoms with Crippen molar-refractivity contribution in [3.05, 3.63) is 35.4 Å². The van der Waals surface area contributed by atoms with E-state index in [9.17, 15) is 26.7 Å². The van der Waals surface area contributed by atoms with Gasteiger partial charge in [-0.05, 0) is 17.7 Å². The monoisotopic (exact) mass is 268 g/mol. The fraction of sp³-hybridized carbons (Fsp3) is 0.400. The lowest BCUT2D eigenvalue weighted by atomic mass is 10.1.